The van der Waals surface area contributed by atoms with Crippen molar-refractivity contribution in [3.63, 3.8) is 0 Å². The standard InChI is InChI=1S/C12H10N2O2/c1-15-11-4-2-8(14)6-10(11)12-5-3-9(7-13)16-12/h2-6H,14H2,1H3. The van der Waals surface area contributed by atoms with Gasteiger partial charge in [-0.2, -0.15) is 5.26 Å². The van der Waals surface area contributed by atoms with Crippen LogP contribution in [0.15, 0.2) is 34.7 Å². The topological polar surface area (TPSA) is 72.2 Å². The predicted molar refractivity (Wildman–Crippen MR) is 59.8 cm³/mol. The highest BCUT2D eigenvalue weighted by atomic mass is 16.5. The van der Waals surface area contributed by atoms with Crippen LogP contribution in [0.1, 0.15) is 5.76 Å². The summed E-state index contributed by atoms with van der Waals surface area (Å²) in [5.74, 6) is 1.49. The van der Waals surface area contributed by atoms with Gasteiger partial charge in [0.05, 0.1) is 12.7 Å². The Hall–Kier alpha value is -2.41. The molecule has 1 aromatic carbocycles. The summed E-state index contributed by atoms with van der Waals surface area (Å²) < 4.78 is 10.5. The molecule has 1 aromatic heterocycles. The van der Waals surface area contributed by atoms with Crippen molar-refractivity contribution in [2.45, 2.75) is 0 Å². The first kappa shape index (κ1) is 10.1. The lowest BCUT2D eigenvalue weighted by atomic mass is 10.1. The molecule has 2 N–H and O–H groups in total. The molecule has 0 bridgehead atoms. The Labute approximate surface area is 92.9 Å². The van der Waals surface area contributed by atoms with Gasteiger partial charge in [-0.05, 0) is 30.3 Å². The second-order valence-electron chi connectivity index (χ2n) is 3.24. The molecule has 0 saturated carbocycles. The van der Waals surface area contributed by atoms with Crippen LogP contribution in [0.5, 0.6) is 5.75 Å². The van der Waals surface area contributed by atoms with Crippen LogP contribution in [0.3, 0.4) is 0 Å². The summed E-state index contributed by atoms with van der Waals surface area (Å²) in [6.45, 7) is 0. The third-order valence-electron chi connectivity index (χ3n) is 2.21. The summed E-state index contributed by atoms with van der Waals surface area (Å²) >= 11 is 0. The first-order valence-corrected chi connectivity index (χ1v) is 4.68. The number of hydrogen-bond donors (Lipinski definition) is 1. The van der Waals surface area contributed by atoms with E-state index in [9.17, 15) is 0 Å². The number of ether oxygens (including phenoxy) is 1. The second-order valence-corrected chi connectivity index (χ2v) is 3.24. The largest absolute Gasteiger partial charge is 0.496 e. The Bertz CT molecular complexity index is 552. The lowest BCUT2D eigenvalue weighted by Crippen LogP contribution is -1.90. The average Bonchev–Trinajstić information content (AvgIpc) is 2.77. The van der Waals surface area contributed by atoms with E-state index < -0.39 is 0 Å². The normalized spacial score (nSPS) is 9.75. The Morgan fingerprint density at radius 2 is 2.12 bits per heavy atom. The Morgan fingerprint density at radius 3 is 2.75 bits per heavy atom. The van der Waals surface area contributed by atoms with E-state index in [1.54, 1.807) is 37.4 Å². The zero-order valence-corrected chi connectivity index (χ0v) is 8.73. The molecule has 4 nitrogen and oxygen atoms in total. The van der Waals surface area contributed by atoms with E-state index in [0.29, 0.717) is 17.2 Å². The Balaban J connectivity index is 2.54. The van der Waals surface area contributed by atoms with Crippen molar-refractivity contribution >= 4 is 5.69 Å². The average molecular weight is 214 g/mol. The van der Waals surface area contributed by atoms with E-state index in [1.807, 2.05) is 6.07 Å². The Morgan fingerprint density at radius 1 is 1.31 bits per heavy atom. The van der Waals surface area contributed by atoms with Crippen molar-refractivity contribution in [2.75, 3.05) is 12.8 Å². The first-order valence-electron chi connectivity index (χ1n) is 4.68. The molecule has 2 rings (SSSR count). The fourth-order valence-corrected chi connectivity index (χ4v) is 1.46. The van der Waals surface area contributed by atoms with Crippen molar-refractivity contribution in [1.82, 2.24) is 0 Å². The lowest BCUT2D eigenvalue weighted by Gasteiger charge is -2.06. The van der Waals surface area contributed by atoms with E-state index >= 15 is 0 Å². The van der Waals surface area contributed by atoms with E-state index in [0.717, 1.165) is 5.56 Å². The third kappa shape index (κ3) is 1.71. The third-order valence-corrected chi connectivity index (χ3v) is 2.21. The van der Waals surface area contributed by atoms with Gasteiger partial charge in [-0.25, -0.2) is 0 Å². The van der Waals surface area contributed by atoms with Gasteiger partial charge in [0.2, 0.25) is 5.76 Å². The van der Waals surface area contributed by atoms with Crippen LogP contribution >= 0.6 is 0 Å². The van der Waals surface area contributed by atoms with E-state index in [1.165, 1.54) is 0 Å². The van der Waals surface area contributed by atoms with Crippen LogP contribution in [0.4, 0.5) is 5.69 Å². The SMILES string of the molecule is COc1ccc(N)cc1-c1ccc(C#N)o1. The summed E-state index contributed by atoms with van der Waals surface area (Å²) in [4.78, 5) is 0. The van der Waals surface area contributed by atoms with Gasteiger partial charge >= 0.3 is 0 Å². The molecule has 0 saturated heterocycles. The van der Waals surface area contributed by atoms with E-state index in [4.69, 9.17) is 20.1 Å². The molecule has 0 amide bonds. The number of nitrogens with zero attached hydrogens (tertiary/aromatic N) is 1. The lowest BCUT2D eigenvalue weighted by molar-refractivity contribution is 0.414. The molecule has 2 aromatic rings. The molecular weight excluding hydrogens is 204 g/mol. The predicted octanol–water partition coefficient (Wildman–Crippen LogP) is 2.41. The van der Waals surface area contributed by atoms with Gasteiger partial charge < -0.3 is 14.9 Å². The zero-order valence-electron chi connectivity index (χ0n) is 8.73. The maximum Gasteiger partial charge on any atom is 0.204 e. The molecule has 0 fully saturated rings. The number of anilines is 1. The minimum atomic E-state index is 0.263. The molecule has 80 valence electrons. The highest BCUT2D eigenvalue weighted by Crippen LogP contribution is 2.32. The van der Waals surface area contributed by atoms with E-state index in [2.05, 4.69) is 0 Å². The number of rotatable bonds is 2. The smallest absolute Gasteiger partial charge is 0.204 e. The molecule has 16 heavy (non-hydrogen) atoms. The van der Waals surface area contributed by atoms with Gasteiger partial charge in [-0.15, -0.1) is 0 Å². The van der Waals surface area contributed by atoms with Crippen molar-refractivity contribution in [1.29, 1.82) is 5.26 Å². The van der Waals surface area contributed by atoms with Gasteiger partial charge in [-0.3, -0.25) is 0 Å². The molecule has 0 aliphatic rings. The molecule has 0 aliphatic carbocycles. The van der Waals surface area contributed by atoms with Crippen molar-refractivity contribution in [3.05, 3.63) is 36.1 Å². The number of nitriles is 1. The summed E-state index contributed by atoms with van der Waals surface area (Å²) in [7, 11) is 1.57. The summed E-state index contributed by atoms with van der Waals surface area (Å²) in [6.07, 6.45) is 0. The second kappa shape index (κ2) is 3.99. The minimum Gasteiger partial charge on any atom is -0.496 e. The maximum atomic E-state index is 8.68. The first-order chi connectivity index (χ1) is 7.74. The zero-order chi connectivity index (χ0) is 11.5. The van der Waals surface area contributed by atoms with Gasteiger partial charge in [0.15, 0.2) is 0 Å². The number of hydrogen-bond acceptors (Lipinski definition) is 4. The van der Waals surface area contributed by atoms with Crippen LogP contribution in [-0.2, 0) is 0 Å². The highest BCUT2D eigenvalue weighted by Gasteiger charge is 2.10. The van der Waals surface area contributed by atoms with Gasteiger partial charge in [0.25, 0.3) is 0 Å². The molecule has 1 heterocycles. The quantitative estimate of drug-likeness (QED) is 0.779. The highest BCUT2D eigenvalue weighted by molar-refractivity contribution is 5.70. The number of furan rings is 1. The molecule has 0 atom stereocenters. The summed E-state index contributed by atoms with van der Waals surface area (Å²) in [6, 6.07) is 10.5. The fraction of sp³-hybridized carbons (Fsp3) is 0.0833. The Kier molecular flexibility index (Phi) is 2.52. The summed E-state index contributed by atoms with van der Waals surface area (Å²) in [5.41, 5.74) is 7.05. The van der Waals surface area contributed by atoms with Crippen LogP contribution < -0.4 is 10.5 Å². The monoisotopic (exact) mass is 214 g/mol. The van der Waals surface area contributed by atoms with Crippen LogP contribution in [-0.4, -0.2) is 7.11 Å². The summed E-state index contributed by atoms with van der Waals surface area (Å²) in [5, 5.41) is 8.68. The molecule has 0 unspecified atom stereocenters. The van der Waals surface area contributed by atoms with Crippen molar-refractivity contribution in [2.24, 2.45) is 0 Å². The molecule has 0 spiro atoms. The van der Waals surface area contributed by atoms with Crippen molar-refractivity contribution < 1.29 is 9.15 Å². The number of nitrogens with two attached hydrogens (primary N) is 1. The molecule has 4 heteroatoms. The van der Waals surface area contributed by atoms with Crippen LogP contribution in [0.2, 0.25) is 0 Å². The molecule has 0 aliphatic heterocycles. The number of benzene rings is 1. The fourth-order valence-electron chi connectivity index (χ4n) is 1.46. The van der Waals surface area contributed by atoms with Gasteiger partial charge in [0.1, 0.15) is 17.6 Å². The number of methoxy groups -OCH3 is 1. The van der Waals surface area contributed by atoms with Crippen LogP contribution in [0, 0.1) is 11.3 Å². The van der Waals surface area contributed by atoms with Gasteiger partial charge in [0, 0.05) is 5.69 Å². The van der Waals surface area contributed by atoms with E-state index in [-0.39, 0.29) is 5.76 Å². The van der Waals surface area contributed by atoms with Crippen LogP contribution in [0.25, 0.3) is 11.3 Å². The number of nitrogen functional groups attached to an aromatic ring is 1. The maximum absolute atomic E-state index is 8.68. The molecule has 0 radical (unpaired) electrons. The van der Waals surface area contributed by atoms with Crippen molar-refractivity contribution in [3.8, 4) is 23.1 Å². The molecular formula is C12H10N2O2. The van der Waals surface area contributed by atoms with Gasteiger partial charge in [-0.1, -0.05) is 0 Å². The minimum absolute atomic E-state index is 0.263.